The zero-order chi connectivity index (χ0) is 16.5. The maximum Gasteiger partial charge on any atom is 0.338 e. The summed E-state index contributed by atoms with van der Waals surface area (Å²) in [6.45, 7) is 5.89. The van der Waals surface area contributed by atoms with Gasteiger partial charge in [0.1, 0.15) is 5.75 Å². The monoisotopic (exact) mass is 308 g/mol. The first-order valence-electron chi connectivity index (χ1n) is 7.00. The largest absolute Gasteiger partial charge is 0.494 e. The van der Waals surface area contributed by atoms with E-state index >= 15 is 0 Å². The molecule has 0 unspecified atom stereocenters. The van der Waals surface area contributed by atoms with Gasteiger partial charge in [-0.2, -0.15) is 0 Å². The lowest BCUT2D eigenvalue weighted by Gasteiger charge is -2.13. The quantitative estimate of drug-likeness (QED) is 0.776. The number of esters is 1. The number of amides is 3. The minimum atomic E-state index is -1.08. The molecule has 1 aromatic rings. The van der Waals surface area contributed by atoms with E-state index < -0.39 is 24.0 Å². The molecule has 0 heterocycles. The first-order valence-corrected chi connectivity index (χ1v) is 7.00. The highest BCUT2D eigenvalue weighted by Gasteiger charge is 2.20. The zero-order valence-electron chi connectivity index (χ0n) is 12.8. The third kappa shape index (κ3) is 5.43. The van der Waals surface area contributed by atoms with Crippen molar-refractivity contribution in [1.29, 1.82) is 0 Å². The van der Waals surface area contributed by atoms with Crippen LogP contribution in [0.15, 0.2) is 24.3 Å². The number of benzene rings is 1. The summed E-state index contributed by atoms with van der Waals surface area (Å²) < 4.78 is 10.3. The molecule has 120 valence electrons. The normalized spacial score (nSPS) is 11.2. The maximum absolute atomic E-state index is 11.9. The van der Waals surface area contributed by atoms with Gasteiger partial charge in [0.05, 0.1) is 12.2 Å². The molecule has 7 heteroatoms. The van der Waals surface area contributed by atoms with Crippen molar-refractivity contribution < 1.29 is 23.9 Å². The number of nitrogens with one attached hydrogen (secondary N) is 2. The number of rotatable bonds is 6. The van der Waals surface area contributed by atoms with Crippen molar-refractivity contribution in [1.82, 2.24) is 10.6 Å². The van der Waals surface area contributed by atoms with Crippen molar-refractivity contribution in [2.45, 2.75) is 26.9 Å². The SMILES string of the molecule is CCNC(=O)NC(=O)[C@@H](C)OC(=O)c1ccc(OCC)cc1. The Morgan fingerprint density at radius 1 is 1.14 bits per heavy atom. The third-order valence-electron chi connectivity index (χ3n) is 2.63. The van der Waals surface area contributed by atoms with Crippen LogP contribution in [0.3, 0.4) is 0 Å². The van der Waals surface area contributed by atoms with Crippen LogP contribution in [0, 0.1) is 0 Å². The molecule has 0 saturated carbocycles. The smallest absolute Gasteiger partial charge is 0.338 e. The average Bonchev–Trinajstić information content (AvgIpc) is 2.48. The molecule has 0 aliphatic carbocycles. The Hall–Kier alpha value is -2.57. The van der Waals surface area contributed by atoms with Crippen molar-refractivity contribution in [3.63, 3.8) is 0 Å². The van der Waals surface area contributed by atoms with E-state index in [1.807, 2.05) is 6.92 Å². The predicted octanol–water partition coefficient (Wildman–Crippen LogP) is 1.48. The summed E-state index contributed by atoms with van der Waals surface area (Å²) in [4.78, 5) is 34.8. The molecule has 1 atom stereocenters. The summed E-state index contributed by atoms with van der Waals surface area (Å²) in [7, 11) is 0. The second-order valence-electron chi connectivity index (χ2n) is 4.35. The number of urea groups is 1. The van der Waals surface area contributed by atoms with Crippen molar-refractivity contribution in [3.8, 4) is 5.75 Å². The van der Waals surface area contributed by atoms with Crippen molar-refractivity contribution in [2.75, 3.05) is 13.2 Å². The molecule has 3 amide bonds. The van der Waals surface area contributed by atoms with Crippen LogP contribution in [0.5, 0.6) is 5.75 Å². The summed E-state index contributed by atoms with van der Waals surface area (Å²) in [6.07, 6.45) is -1.08. The molecule has 22 heavy (non-hydrogen) atoms. The second-order valence-corrected chi connectivity index (χ2v) is 4.35. The fraction of sp³-hybridized carbons (Fsp3) is 0.400. The van der Waals surface area contributed by atoms with Gasteiger partial charge in [0, 0.05) is 6.54 Å². The van der Waals surface area contributed by atoms with Crippen molar-refractivity contribution >= 4 is 17.9 Å². The molecule has 2 N–H and O–H groups in total. The van der Waals surface area contributed by atoms with Crippen LogP contribution < -0.4 is 15.4 Å². The summed E-state index contributed by atoms with van der Waals surface area (Å²) in [6, 6.07) is 5.74. The molecular weight excluding hydrogens is 288 g/mol. The van der Waals surface area contributed by atoms with Crippen LogP contribution in [0.4, 0.5) is 4.79 Å². The molecule has 0 saturated heterocycles. The van der Waals surface area contributed by atoms with Crippen LogP contribution in [-0.4, -0.2) is 37.2 Å². The lowest BCUT2D eigenvalue weighted by Crippen LogP contribution is -2.44. The van der Waals surface area contributed by atoms with E-state index in [-0.39, 0.29) is 0 Å². The van der Waals surface area contributed by atoms with Gasteiger partial charge >= 0.3 is 12.0 Å². The number of carbonyl (C=O) groups excluding carboxylic acids is 3. The molecule has 7 nitrogen and oxygen atoms in total. The Balaban J connectivity index is 2.56. The van der Waals surface area contributed by atoms with Gasteiger partial charge in [0.2, 0.25) is 0 Å². The van der Waals surface area contributed by atoms with Crippen molar-refractivity contribution in [3.05, 3.63) is 29.8 Å². The molecule has 1 aromatic carbocycles. The number of hydrogen-bond acceptors (Lipinski definition) is 5. The van der Waals surface area contributed by atoms with E-state index in [1.54, 1.807) is 31.2 Å². The van der Waals surface area contributed by atoms with Gasteiger partial charge in [-0.3, -0.25) is 10.1 Å². The van der Waals surface area contributed by atoms with Gasteiger partial charge in [0.15, 0.2) is 6.10 Å². The number of carbonyl (C=O) groups is 3. The molecule has 0 fully saturated rings. The number of ether oxygens (including phenoxy) is 2. The molecule has 1 rings (SSSR count). The minimum absolute atomic E-state index is 0.293. The highest BCUT2D eigenvalue weighted by atomic mass is 16.5. The van der Waals surface area contributed by atoms with Crippen LogP contribution in [-0.2, 0) is 9.53 Å². The van der Waals surface area contributed by atoms with Crippen LogP contribution in [0.25, 0.3) is 0 Å². The van der Waals surface area contributed by atoms with Crippen LogP contribution >= 0.6 is 0 Å². The summed E-state index contributed by atoms with van der Waals surface area (Å²) in [5.41, 5.74) is 0.293. The van der Waals surface area contributed by atoms with E-state index in [0.29, 0.717) is 24.5 Å². The molecule has 0 radical (unpaired) electrons. The zero-order valence-corrected chi connectivity index (χ0v) is 12.8. The second kappa shape index (κ2) is 8.66. The fourth-order valence-corrected chi connectivity index (χ4v) is 1.55. The van der Waals surface area contributed by atoms with E-state index in [2.05, 4.69) is 10.6 Å². The molecule has 0 aliphatic rings. The highest BCUT2D eigenvalue weighted by molar-refractivity contribution is 5.98. The van der Waals surface area contributed by atoms with E-state index in [1.165, 1.54) is 6.92 Å². The van der Waals surface area contributed by atoms with Gasteiger partial charge in [0.25, 0.3) is 5.91 Å². The molecular formula is C15H20N2O5. The van der Waals surface area contributed by atoms with E-state index in [0.717, 1.165) is 0 Å². The van der Waals surface area contributed by atoms with Crippen molar-refractivity contribution in [2.24, 2.45) is 0 Å². The Labute approximate surface area is 129 Å². The molecule has 0 aliphatic heterocycles. The maximum atomic E-state index is 11.9. The average molecular weight is 308 g/mol. The lowest BCUT2D eigenvalue weighted by atomic mass is 10.2. The van der Waals surface area contributed by atoms with E-state index in [4.69, 9.17) is 9.47 Å². The number of imide groups is 1. The van der Waals surface area contributed by atoms with Gasteiger partial charge in [-0.15, -0.1) is 0 Å². The summed E-state index contributed by atoms with van der Waals surface area (Å²) in [5.74, 6) is -0.701. The first-order chi connectivity index (χ1) is 10.5. The highest BCUT2D eigenvalue weighted by Crippen LogP contribution is 2.13. The van der Waals surface area contributed by atoms with E-state index in [9.17, 15) is 14.4 Å². The standard InChI is InChI=1S/C15H20N2O5/c1-4-16-15(20)17-13(18)10(3)22-14(19)11-6-8-12(9-7-11)21-5-2/h6-10H,4-5H2,1-3H3,(H2,16,17,18,20)/t10-/m1/s1. The molecule has 0 aromatic heterocycles. The van der Waals surface area contributed by atoms with Gasteiger partial charge in [-0.25, -0.2) is 9.59 Å². The van der Waals surface area contributed by atoms with Crippen LogP contribution in [0.2, 0.25) is 0 Å². The molecule has 0 spiro atoms. The Kier molecular flexibility index (Phi) is 6.88. The first kappa shape index (κ1) is 17.5. The Morgan fingerprint density at radius 2 is 1.77 bits per heavy atom. The van der Waals surface area contributed by atoms with Gasteiger partial charge in [-0.05, 0) is 45.0 Å². The summed E-state index contributed by atoms with van der Waals surface area (Å²) in [5, 5.41) is 4.49. The third-order valence-corrected chi connectivity index (χ3v) is 2.63. The topological polar surface area (TPSA) is 93.7 Å². The Morgan fingerprint density at radius 3 is 2.32 bits per heavy atom. The minimum Gasteiger partial charge on any atom is -0.494 e. The van der Waals surface area contributed by atoms with Crippen LogP contribution in [0.1, 0.15) is 31.1 Å². The fourth-order valence-electron chi connectivity index (χ4n) is 1.55. The number of hydrogen-bond donors (Lipinski definition) is 2. The summed E-state index contributed by atoms with van der Waals surface area (Å²) >= 11 is 0. The predicted molar refractivity (Wildman–Crippen MR) is 79.7 cm³/mol. The van der Waals surface area contributed by atoms with Gasteiger partial charge in [-0.1, -0.05) is 0 Å². The Bertz CT molecular complexity index is 527. The lowest BCUT2D eigenvalue weighted by molar-refractivity contribution is -0.127. The molecule has 0 bridgehead atoms. The van der Waals surface area contributed by atoms with Gasteiger partial charge < -0.3 is 14.8 Å².